The smallest absolute Gasteiger partial charge is 0.255 e. The lowest BCUT2D eigenvalue weighted by atomic mass is 10.0. The maximum atomic E-state index is 12.3. The Kier molecular flexibility index (Phi) is 4.38. The van der Waals surface area contributed by atoms with E-state index in [1.165, 1.54) is 0 Å². The molecular formula is C16H16BrNO. The van der Waals surface area contributed by atoms with Gasteiger partial charge in [0.25, 0.3) is 5.91 Å². The minimum Gasteiger partial charge on any atom is -0.321 e. The van der Waals surface area contributed by atoms with E-state index in [1.807, 2.05) is 49.4 Å². The summed E-state index contributed by atoms with van der Waals surface area (Å²) in [5, 5.41) is 2.96. The highest BCUT2D eigenvalue weighted by Gasteiger charge is 2.11. The molecule has 19 heavy (non-hydrogen) atoms. The van der Waals surface area contributed by atoms with Crippen LogP contribution in [0.25, 0.3) is 0 Å². The van der Waals surface area contributed by atoms with Gasteiger partial charge in [-0.1, -0.05) is 31.2 Å². The van der Waals surface area contributed by atoms with E-state index in [0.717, 1.165) is 33.3 Å². The first kappa shape index (κ1) is 13.8. The maximum Gasteiger partial charge on any atom is 0.255 e. The quantitative estimate of drug-likeness (QED) is 0.882. The molecule has 2 aromatic carbocycles. The molecule has 1 amide bonds. The molecule has 0 unspecified atom stereocenters. The fourth-order valence-electron chi connectivity index (χ4n) is 1.97. The Morgan fingerprint density at radius 2 is 1.95 bits per heavy atom. The van der Waals surface area contributed by atoms with Crippen LogP contribution in [0.5, 0.6) is 0 Å². The monoisotopic (exact) mass is 317 g/mol. The van der Waals surface area contributed by atoms with Crippen molar-refractivity contribution in [3.63, 3.8) is 0 Å². The number of nitrogens with one attached hydrogen (secondary N) is 1. The van der Waals surface area contributed by atoms with Gasteiger partial charge in [-0.15, -0.1) is 0 Å². The molecule has 0 aliphatic carbocycles. The number of aryl methyl sites for hydroxylation is 2. The van der Waals surface area contributed by atoms with E-state index in [4.69, 9.17) is 0 Å². The highest BCUT2D eigenvalue weighted by atomic mass is 79.9. The van der Waals surface area contributed by atoms with Crippen molar-refractivity contribution in [3.05, 3.63) is 63.6 Å². The fourth-order valence-corrected chi connectivity index (χ4v) is 2.32. The Balaban J connectivity index is 2.28. The molecule has 2 nitrogen and oxygen atoms in total. The van der Waals surface area contributed by atoms with Crippen LogP contribution in [0.15, 0.2) is 46.9 Å². The van der Waals surface area contributed by atoms with E-state index in [9.17, 15) is 4.79 Å². The Labute approximate surface area is 122 Å². The number of halogens is 1. The van der Waals surface area contributed by atoms with Gasteiger partial charge in [0.15, 0.2) is 0 Å². The molecule has 0 saturated carbocycles. The van der Waals surface area contributed by atoms with Crippen molar-refractivity contribution in [2.24, 2.45) is 0 Å². The Hall–Kier alpha value is -1.61. The molecule has 0 fully saturated rings. The van der Waals surface area contributed by atoms with Crippen LogP contribution in [0.4, 0.5) is 5.69 Å². The zero-order valence-corrected chi connectivity index (χ0v) is 12.6. The van der Waals surface area contributed by atoms with Crippen LogP contribution in [-0.2, 0) is 6.42 Å². The number of hydrogen-bond donors (Lipinski definition) is 1. The number of anilines is 1. The Bertz CT molecular complexity index is 607. The van der Waals surface area contributed by atoms with Crippen LogP contribution in [0.2, 0.25) is 0 Å². The van der Waals surface area contributed by atoms with Gasteiger partial charge in [0.1, 0.15) is 0 Å². The number of rotatable bonds is 3. The van der Waals surface area contributed by atoms with Gasteiger partial charge >= 0.3 is 0 Å². The van der Waals surface area contributed by atoms with Crippen LogP contribution in [-0.4, -0.2) is 5.91 Å². The number of carbonyl (C=O) groups is 1. The van der Waals surface area contributed by atoms with Gasteiger partial charge in [0.05, 0.1) is 5.69 Å². The van der Waals surface area contributed by atoms with E-state index in [2.05, 4.69) is 28.2 Å². The van der Waals surface area contributed by atoms with Gasteiger partial charge in [-0.2, -0.15) is 0 Å². The summed E-state index contributed by atoms with van der Waals surface area (Å²) in [5.41, 5.74) is 3.71. The third kappa shape index (κ3) is 3.24. The Morgan fingerprint density at radius 1 is 1.21 bits per heavy atom. The molecule has 1 N–H and O–H groups in total. The molecular weight excluding hydrogens is 302 g/mol. The molecule has 0 radical (unpaired) electrons. The zero-order chi connectivity index (χ0) is 13.8. The van der Waals surface area contributed by atoms with Gasteiger partial charge in [0.2, 0.25) is 0 Å². The summed E-state index contributed by atoms with van der Waals surface area (Å²) in [6, 6.07) is 13.6. The van der Waals surface area contributed by atoms with E-state index in [-0.39, 0.29) is 5.91 Å². The van der Waals surface area contributed by atoms with Gasteiger partial charge in [-0.3, -0.25) is 4.79 Å². The summed E-state index contributed by atoms with van der Waals surface area (Å²) in [5.74, 6) is -0.0660. The number of hydrogen-bond acceptors (Lipinski definition) is 1. The first-order valence-corrected chi connectivity index (χ1v) is 7.06. The van der Waals surface area contributed by atoms with E-state index >= 15 is 0 Å². The third-order valence-corrected chi connectivity index (χ3v) is 3.70. The second-order valence-electron chi connectivity index (χ2n) is 4.45. The van der Waals surface area contributed by atoms with Crippen molar-refractivity contribution >= 4 is 27.5 Å². The van der Waals surface area contributed by atoms with Crippen molar-refractivity contribution in [1.29, 1.82) is 0 Å². The highest BCUT2D eigenvalue weighted by Crippen LogP contribution is 2.24. The zero-order valence-electron chi connectivity index (χ0n) is 11.0. The SMILES string of the molecule is CCc1ccccc1C(=O)Nc1cc(C)ccc1Br. The van der Waals surface area contributed by atoms with Gasteiger partial charge in [-0.25, -0.2) is 0 Å². The number of benzene rings is 2. The van der Waals surface area contributed by atoms with Crippen LogP contribution in [0.3, 0.4) is 0 Å². The molecule has 0 atom stereocenters. The lowest BCUT2D eigenvalue weighted by Gasteiger charge is -2.11. The average molecular weight is 318 g/mol. The maximum absolute atomic E-state index is 12.3. The lowest BCUT2D eigenvalue weighted by Crippen LogP contribution is -2.14. The minimum atomic E-state index is -0.0660. The predicted octanol–water partition coefficient (Wildman–Crippen LogP) is 4.57. The molecule has 0 aliphatic heterocycles. The number of amides is 1. The Morgan fingerprint density at radius 3 is 2.68 bits per heavy atom. The van der Waals surface area contributed by atoms with Crippen LogP contribution in [0.1, 0.15) is 28.4 Å². The lowest BCUT2D eigenvalue weighted by molar-refractivity contribution is 0.102. The molecule has 0 heterocycles. The molecule has 3 heteroatoms. The summed E-state index contributed by atoms with van der Waals surface area (Å²) in [7, 11) is 0. The average Bonchev–Trinajstić information content (AvgIpc) is 2.42. The van der Waals surface area contributed by atoms with E-state index < -0.39 is 0 Å². The molecule has 2 rings (SSSR count). The van der Waals surface area contributed by atoms with Crippen LogP contribution >= 0.6 is 15.9 Å². The van der Waals surface area contributed by atoms with Gasteiger partial charge in [0, 0.05) is 10.0 Å². The van der Waals surface area contributed by atoms with Crippen molar-refractivity contribution < 1.29 is 4.79 Å². The van der Waals surface area contributed by atoms with E-state index in [0.29, 0.717) is 0 Å². The summed E-state index contributed by atoms with van der Waals surface area (Å²) < 4.78 is 0.889. The second kappa shape index (κ2) is 6.02. The van der Waals surface area contributed by atoms with Gasteiger partial charge < -0.3 is 5.32 Å². The molecule has 2 aromatic rings. The fraction of sp³-hybridized carbons (Fsp3) is 0.188. The largest absolute Gasteiger partial charge is 0.321 e. The summed E-state index contributed by atoms with van der Waals surface area (Å²) in [6.07, 6.45) is 0.846. The second-order valence-corrected chi connectivity index (χ2v) is 5.30. The normalized spacial score (nSPS) is 10.3. The van der Waals surface area contributed by atoms with Crippen molar-refractivity contribution in [3.8, 4) is 0 Å². The summed E-state index contributed by atoms with van der Waals surface area (Å²) in [6.45, 7) is 4.05. The molecule has 0 aromatic heterocycles. The standard InChI is InChI=1S/C16H16BrNO/c1-3-12-6-4-5-7-13(12)16(19)18-15-10-11(2)8-9-14(15)17/h4-10H,3H2,1-2H3,(H,18,19). The first-order valence-electron chi connectivity index (χ1n) is 6.27. The molecule has 0 aliphatic rings. The molecule has 0 saturated heterocycles. The predicted molar refractivity (Wildman–Crippen MR) is 82.7 cm³/mol. The topological polar surface area (TPSA) is 29.1 Å². The van der Waals surface area contributed by atoms with Crippen molar-refractivity contribution in [2.45, 2.75) is 20.3 Å². The minimum absolute atomic E-state index is 0.0660. The van der Waals surface area contributed by atoms with E-state index in [1.54, 1.807) is 0 Å². The van der Waals surface area contributed by atoms with Crippen LogP contribution in [0, 0.1) is 6.92 Å². The van der Waals surface area contributed by atoms with Crippen molar-refractivity contribution in [1.82, 2.24) is 0 Å². The molecule has 0 bridgehead atoms. The van der Waals surface area contributed by atoms with Gasteiger partial charge in [-0.05, 0) is 58.6 Å². The van der Waals surface area contributed by atoms with Crippen molar-refractivity contribution in [2.75, 3.05) is 5.32 Å². The first-order chi connectivity index (χ1) is 9.11. The highest BCUT2D eigenvalue weighted by molar-refractivity contribution is 9.10. The molecule has 98 valence electrons. The summed E-state index contributed by atoms with van der Waals surface area (Å²) in [4.78, 5) is 12.3. The number of carbonyl (C=O) groups excluding carboxylic acids is 1. The summed E-state index contributed by atoms with van der Waals surface area (Å²) >= 11 is 3.45. The van der Waals surface area contributed by atoms with Crippen LogP contribution < -0.4 is 5.32 Å². The third-order valence-electron chi connectivity index (χ3n) is 3.01. The molecule has 0 spiro atoms.